The maximum absolute atomic E-state index is 11.1. The predicted octanol–water partition coefficient (Wildman–Crippen LogP) is 2.50. The Morgan fingerprint density at radius 3 is 2.61 bits per heavy atom. The smallest absolute Gasteiger partial charge is 0.292 e. The number of nitro benzene ring substituents is 1. The Kier molecular flexibility index (Phi) is 5.09. The maximum atomic E-state index is 11.1. The van der Waals surface area contributed by atoms with Gasteiger partial charge in [0, 0.05) is 25.3 Å². The summed E-state index contributed by atoms with van der Waals surface area (Å²) in [5.74, 6) is 0. The fraction of sp³-hybridized carbons (Fsp3) is 0.538. The summed E-state index contributed by atoms with van der Waals surface area (Å²) in [7, 11) is 0. The molecule has 0 heterocycles. The molecular weight excluding hydrogens is 232 g/mol. The Labute approximate surface area is 107 Å². The van der Waals surface area contributed by atoms with Crippen molar-refractivity contribution in [2.24, 2.45) is 0 Å². The SMILES string of the molecule is Cc1cccc([N+](=O)[O-])c1N(CCCO)C(C)C. The Bertz CT molecular complexity index is 419. The van der Waals surface area contributed by atoms with E-state index >= 15 is 0 Å². The first kappa shape index (κ1) is 14.4. The molecule has 0 spiro atoms. The normalized spacial score (nSPS) is 10.7. The number of para-hydroxylation sites is 1. The number of anilines is 1. The van der Waals surface area contributed by atoms with Crippen molar-refractivity contribution in [3.05, 3.63) is 33.9 Å². The molecule has 0 saturated carbocycles. The van der Waals surface area contributed by atoms with Gasteiger partial charge >= 0.3 is 0 Å². The van der Waals surface area contributed by atoms with Crippen LogP contribution in [-0.2, 0) is 0 Å². The largest absolute Gasteiger partial charge is 0.396 e. The van der Waals surface area contributed by atoms with Crippen molar-refractivity contribution in [1.29, 1.82) is 0 Å². The van der Waals surface area contributed by atoms with Crippen molar-refractivity contribution in [3.8, 4) is 0 Å². The molecule has 1 aromatic carbocycles. The van der Waals surface area contributed by atoms with Crippen LogP contribution >= 0.6 is 0 Å². The third-order valence-electron chi connectivity index (χ3n) is 2.88. The number of rotatable bonds is 6. The molecule has 0 unspecified atom stereocenters. The third kappa shape index (κ3) is 3.20. The molecule has 0 fully saturated rings. The van der Waals surface area contributed by atoms with E-state index in [1.54, 1.807) is 6.07 Å². The quantitative estimate of drug-likeness (QED) is 0.624. The standard InChI is InChI=1S/C13H20N2O3/c1-10(2)14(8-5-9-16)13-11(3)6-4-7-12(13)15(17)18/h4,6-7,10,16H,5,8-9H2,1-3H3. The average Bonchev–Trinajstić information content (AvgIpc) is 2.30. The first-order valence-corrected chi connectivity index (χ1v) is 6.10. The van der Waals surface area contributed by atoms with Crippen molar-refractivity contribution in [2.75, 3.05) is 18.1 Å². The molecule has 1 N–H and O–H groups in total. The van der Waals surface area contributed by atoms with E-state index in [-0.39, 0.29) is 23.3 Å². The van der Waals surface area contributed by atoms with Crippen LogP contribution in [0.2, 0.25) is 0 Å². The van der Waals surface area contributed by atoms with Gasteiger partial charge in [0.05, 0.1) is 4.92 Å². The third-order valence-corrected chi connectivity index (χ3v) is 2.88. The highest BCUT2D eigenvalue weighted by Crippen LogP contribution is 2.32. The summed E-state index contributed by atoms with van der Waals surface area (Å²) in [4.78, 5) is 12.7. The Morgan fingerprint density at radius 1 is 1.44 bits per heavy atom. The van der Waals surface area contributed by atoms with Crippen molar-refractivity contribution in [3.63, 3.8) is 0 Å². The number of aryl methyl sites for hydroxylation is 1. The second-order valence-corrected chi connectivity index (χ2v) is 4.56. The Balaban J connectivity index is 3.21. The van der Waals surface area contributed by atoms with Crippen molar-refractivity contribution < 1.29 is 10.0 Å². The lowest BCUT2D eigenvalue weighted by molar-refractivity contribution is -0.384. The van der Waals surface area contributed by atoms with E-state index in [0.29, 0.717) is 18.7 Å². The minimum absolute atomic E-state index is 0.0862. The summed E-state index contributed by atoms with van der Waals surface area (Å²) < 4.78 is 0. The van der Waals surface area contributed by atoms with E-state index in [0.717, 1.165) is 5.56 Å². The minimum atomic E-state index is -0.351. The topological polar surface area (TPSA) is 66.6 Å². The summed E-state index contributed by atoms with van der Waals surface area (Å²) in [5, 5.41) is 20.0. The number of hydrogen-bond acceptors (Lipinski definition) is 4. The van der Waals surface area contributed by atoms with Crippen molar-refractivity contribution >= 4 is 11.4 Å². The van der Waals surface area contributed by atoms with E-state index in [9.17, 15) is 10.1 Å². The molecule has 0 atom stereocenters. The van der Waals surface area contributed by atoms with Crippen LogP contribution in [0.15, 0.2) is 18.2 Å². The van der Waals surface area contributed by atoms with Crippen LogP contribution in [0.25, 0.3) is 0 Å². The van der Waals surface area contributed by atoms with Crippen LogP contribution in [-0.4, -0.2) is 29.2 Å². The van der Waals surface area contributed by atoms with Crippen molar-refractivity contribution in [1.82, 2.24) is 0 Å². The van der Waals surface area contributed by atoms with Gasteiger partial charge in [0.2, 0.25) is 0 Å². The first-order chi connectivity index (χ1) is 8.49. The zero-order valence-electron chi connectivity index (χ0n) is 11.1. The van der Waals surface area contributed by atoms with Crippen LogP contribution in [0.1, 0.15) is 25.8 Å². The van der Waals surface area contributed by atoms with Gasteiger partial charge < -0.3 is 10.0 Å². The minimum Gasteiger partial charge on any atom is -0.396 e. The molecule has 0 aliphatic heterocycles. The zero-order valence-corrected chi connectivity index (χ0v) is 11.1. The molecule has 1 aromatic rings. The van der Waals surface area contributed by atoms with Gasteiger partial charge in [0.1, 0.15) is 5.69 Å². The summed E-state index contributed by atoms with van der Waals surface area (Å²) in [5.41, 5.74) is 1.67. The Hall–Kier alpha value is -1.62. The van der Waals surface area contributed by atoms with Gasteiger partial charge in [-0.3, -0.25) is 10.1 Å². The van der Waals surface area contributed by atoms with Crippen molar-refractivity contribution in [2.45, 2.75) is 33.2 Å². The van der Waals surface area contributed by atoms with Gasteiger partial charge in [-0.25, -0.2) is 0 Å². The molecule has 100 valence electrons. The molecule has 0 aliphatic rings. The molecule has 0 aromatic heterocycles. The first-order valence-electron chi connectivity index (χ1n) is 6.10. The lowest BCUT2D eigenvalue weighted by Gasteiger charge is -2.29. The molecule has 0 amide bonds. The maximum Gasteiger partial charge on any atom is 0.292 e. The second kappa shape index (κ2) is 6.35. The lowest BCUT2D eigenvalue weighted by Crippen LogP contribution is -2.33. The lowest BCUT2D eigenvalue weighted by atomic mass is 10.1. The number of aliphatic hydroxyl groups excluding tert-OH is 1. The van der Waals surface area contributed by atoms with Gasteiger partial charge in [0.15, 0.2) is 0 Å². The molecule has 0 aliphatic carbocycles. The Morgan fingerprint density at radius 2 is 2.11 bits per heavy atom. The van der Waals surface area contributed by atoms with Crippen LogP contribution in [0.4, 0.5) is 11.4 Å². The molecule has 5 nitrogen and oxygen atoms in total. The molecule has 5 heteroatoms. The zero-order chi connectivity index (χ0) is 13.7. The summed E-state index contributed by atoms with van der Waals surface area (Å²) in [6, 6.07) is 5.24. The average molecular weight is 252 g/mol. The highest BCUT2D eigenvalue weighted by Gasteiger charge is 2.22. The second-order valence-electron chi connectivity index (χ2n) is 4.56. The van der Waals surface area contributed by atoms with E-state index in [1.165, 1.54) is 6.07 Å². The van der Waals surface area contributed by atoms with Gasteiger partial charge in [-0.05, 0) is 32.8 Å². The number of nitrogens with zero attached hydrogens (tertiary/aromatic N) is 2. The van der Waals surface area contributed by atoms with E-state index < -0.39 is 0 Å². The fourth-order valence-corrected chi connectivity index (χ4v) is 2.03. The molecule has 1 rings (SSSR count). The molecule has 0 saturated heterocycles. The highest BCUT2D eigenvalue weighted by atomic mass is 16.6. The van der Waals surface area contributed by atoms with Crippen LogP contribution in [0.5, 0.6) is 0 Å². The number of aliphatic hydroxyl groups is 1. The van der Waals surface area contributed by atoms with E-state index in [2.05, 4.69) is 0 Å². The van der Waals surface area contributed by atoms with Crippen LogP contribution < -0.4 is 4.90 Å². The monoisotopic (exact) mass is 252 g/mol. The molecule has 0 bridgehead atoms. The van der Waals surface area contributed by atoms with Gasteiger partial charge in [-0.2, -0.15) is 0 Å². The fourth-order valence-electron chi connectivity index (χ4n) is 2.03. The molecule has 18 heavy (non-hydrogen) atoms. The number of hydrogen-bond donors (Lipinski definition) is 1. The number of benzene rings is 1. The van der Waals surface area contributed by atoms with E-state index in [4.69, 9.17) is 5.11 Å². The van der Waals surface area contributed by atoms with E-state index in [1.807, 2.05) is 31.7 Å². The van der Waals surface area contributed by atoms with Crippen LogP contribution in [0, 0.1) is 17.0 Å². The van der Waals surface area contributed by atoms with Gasteiger partial charge in [-0.15, -0.1) is 0 Å². The highest BCUT2D eigenvalue weighted by molar-refractivity contribution is 5.68. The summed E-state index contributed by atoms with van der Waals surface area (Å²) >= 11 is 0. The molecule has 0 radical (unpaired) electrons. The van der Waals surface area contributed by atoms with Crippen LogP contribution in [0.3, 0.4) is 0 Å². The molecular formula is C13H20N2O3. The predicted molar refractivity (Wildman–Crippen MR) is 72.0 cm³/mol. The van der Waals surface area contributed by atoms with Gasteiger partial charge in [-0.1, -0.05) is 12.1 Å². The summed E-state index contributed by atoms with van der Waals surface area (Å²) in [6.07, 6.45) is 0.601. The van der Waals surface area contributed by atoms with Gasteiger partial charge in [0.25, 0.3) is 5.69 Å². The summed E-state index contributed by atoms with van der Waals surface area (Å²) in [6.45, 7) is 6.56. The number of nitro groups is 1.